The summed E-state index contributed by atoms with van der Waals surface area (Å²) in [5.41, 5.74) is 2.21. The first-order chi connectivity index (χ1) is 15.4. The van der Waals surface area contributed by atoms with Gasteiger partial charge in [-0.05, 0) is 49.6 Å². The molecule has 2 aromatic carbocycles. The Bertz CT molecular complexity index is 1180. The van der Waals surface area contributed by atoms with Gasteiger partial charge in [0.25, 0.3) is 5.91 Å². The highest BCUT2D eigenvalue weighted by molar-refractivity contribution is 7.89. The molecule has 3 aromatic rings. The number of thiazole rings is 1. The molecule has 0 bridgehead atoms. The number of hydrogen-bond donors (Lipinski definition) is 1. The van der Waals surface area contributed by atoms with E-state index in [0.29, 0.717) is 12.1 Å². The molecule has 0 atom stereocenters. The first-order valence-corrected chi connectivity index (χ1v) is 13.1. The average Bonchev–Trinajstić information content (AvgIpc) is 3.45. The third-order valence-electron chi connectivity index (χ3n) is 5.63. The number of aromatic nitrogens is 1. The molecule has 1 fully saturated rings. The second kappa shape index (κ2) is 9.56. The van der Waals surface area contributed by atoms with Crippen molar-refractivity contribution in [1.29, 1.82) is 0 Å². The smallest absolute Gasteiger partial charge is 0.253 e. The summed E-state index contributed by atoms with van der Waals surface area (Å²) in [4.78, 5) is 20.0. The van der Waals surface area contributed by atoms with Crippen LogP contribution < -0.4 is 10.2 Å². The van der Waals surface area contributed by atoms with Crippen molar-refractivity contribution < 1.29 is 13.2 Å². The number of para-hydroxylation sites is 1. The van der Waals surface area contributed by atoms with Crippen LogP contribution >= 0.6 is 11.3 Å². The van der Waals surface area contributed by atoms with E-state index in [2.05, 4.69) is 21.3 Å². The van der Waals surface area contributed by atoms with E-state index in [9.17, 15) is 13.2 Å². The van der Waals surface area contributed by atoms with Gasteiger partial charge in [0.1, 0.15) is 0 Å². The lowest BCUT2D eigenvalue weighted by atomic mass is 10.1. The molecule has 1 N–H and O–H groups in total. The van der Waals surface area contributed by atoms with Crippen molar-refractivity contribution in [2.75, 3.05) is 38.6 Å². The minimum Gasteiger partial charge on any atom is -0.371 e. The van der Waals surface area contributed by atoms with Gasteiger partial charge in [0.05, 0.1) is 25.7 Å². The lowest BCUT2D eigenvalue weighted by Gasteiger charge is -2.22. The predicted octanol–water partition coefficient (Wildman–Crippen LogP) is 3.51. The number of fused-ring (bicyclic) bond motifs is 1. The van der Waals surface area contributed by atoms with Crippen molar-refractivity contribution in [2.45, 2.75) is 30.6 Å². The van der Waals surface area contributed by atoms with Crippen LogP contribution in [-0.2, 0) is 16.4 Å². The Morgan fingerprint density at radius 3 is 2.62 bits per heavy atom. The highest BCUT2D eigenvalue weighted by atomic mass is 32.2. The van der Waals surface area contributed by atoms with Crippen molar-refractivity contribution in [2.24, 2.45) is 0 Å². The Labute approximate surface area is 193 Å². The van der Waals surface area contributed by atoms with E-state index in [-0.39, 0.29) is 10.8 Å². The number of carbonyl (C=O) groups excluding carboxylic acids is 1. The van der Waals surface area contributed by atoms with Crippen LogP contribution in [0.2, 0.25) is 0 Å². The highest BCUT2D eigenvalue weighted by Gasteiger charge is 2.24. The second-order valence-corrected chi connectivity index (χ2v) is 11.4. The van der Waals surface area contributed by atoms with Gasteiger partial charge in [0, 0.05) is 45.8 Å². The number of hydrogen-bond acceptors (Lipinski definition) is 6. The highest BCUT2D eigenvalue weighted by Crippen LogP contribution is 2.28. The molecule has 2 heterocycles. The summed E-state index contributed by atoms with van der Waals surface area (Å²) in [7, 11) is -0.636. The Morgan fingerprint density at radius 2 is 1.91 bits per heavy atom. The lowest BCUT2D eigenvalue weighted by molar-refractivity contribution is 0.0953. The molecule has 7 nitrogen and oxygen atoms in total. The van der Waals surface area contributed by atoms with E-state index < -0.39 is 10.0 Å². The molecule has 0 aliphatic carbocycles. The van der Waals surface area contributed by atoms with Crippen LogP contribution in [-0.4, -0.2) is 57.3 Å². The Hall–Kier alpha value is -2.49. The third kappa shape index (κ3) is 4.79. The number of aryl methyl sites for hydroxylation is 1. The van der Waals surface area contributed by atoms with Crippen LogP contribution in [0.3, 0.4) is 0 Å². The number of rotatable bonds is 8. The van der Waals surface area contributed by atoms with Gasteiger partial charge in [0.2, 0.25) is 10.0 Å². The van der Waals surface area contributed by atoms with Gasteiger partial charge >= 0.3 is 0 Å². The largest absolute Gasteiger partial charge is 0.371 e. The summed E-state index contributed by atoms with van der Waals surface area (Å²) in [6.07, 6.45) is 3.69. The molecule has 1 amide bonds. The number of nitrogens with zero attached hydrogens (tertiary/aromatic N) is 3. The molecular formula is C23H28N4O3S2. The van der Waals surface area contributed by atoms with Gasteiger partial charge < -0.3 is 10.2 Å². The number of sulfonamides is 1. The van der Waals surface area contributed by atoms with Crippen LogP contribution in [0.4, 0.5) is 5.69 Å². The molecule has 170 valence electrons. The predicted molar refractivity (Wildman–Crippen MR) is 129 cm³/mol. The molecule has 0 radical (unpaired) electrons. The first-order valence-electron chi connectivity index (χ1n) is 10.8. The van der Waals surface area contributed by atoms with Crippen molar-refractivity contribution in [3.8, 4) is 0 Å². The van der Waals surface area contributed by atoms with Crippen LogP contribution in [0, 0.1) is 0 Å². The summed E-state index contributed by atoms with van der Waals surface area (Å²) >= 11 is 1.68. The summed E-state index contributed by atoms with van der Waals surface area (Å²) in [5, 5.41) is 4.03. The maximum atomic E-state index is 13.1. The first kappa shape index (κ1) is 22.7. The minimum absolute atomic E-state index is 0.130. The monoisotopic (exact) mass is 472 g/mol. The van der Waals surface area contributed by atoms with Gasteiger partial charge in [-0.2, -0.15) is 0 Å². The second-order valence-electron chi connectivity index (χ2n) is 8.10. The van der Waals surface area contributed by atoms with E-state index in [1.54, 1.807) is 23.5 Å². The Morgan fingerprint density at radius 1 is 1.16 bits per heavy atom. The van der Waals surface area contributed by atoms with Gasteiger partial charge in [-0.1, -0.05) is 12.1 Å². The van der Waals surface area contributed by atoms with Crippen molar-refractivity contribution in [3.63, 3.8) is 0 Å². The lowest BCUT2D eigenvalue weighted by Crippen LogP contribution is -2.29. The summed E-state index contributed by atoms with van der Waals surface area (Å²) in [5.74, 6) is -0.244. The Balaban J connectivity index is 1.46. The molecule has 1 aliphatic heterocycles. The summed E-state index contributed by atoms with van der Waals surface area (Å²) in [6.45, 7) is 2.24. The molecule has 1 aromatic heterocycles. The Kier molecular flexibility index (Phi) is 6.78. The van der Waals surface area contributed by atoms with Gasteiger partial charge in [-0.3, -0.25) is 4.79 Å². The van der Waals surface area contributed by atoms with Crippen LogP contribution in [0.15, 0.2) is 47.4 Å². The zero-order valence-corrected chi connectivity index (χ0v) is 20.0. The van der Waals surface area contributed by atoms with Crippen LogP contribution in [0.25, 0.3) is 10.2 Å². The fraction of sp³-hybridized carbons (Fsp3) is 0.391. The number of amides is 1. The molecule has 1 aliphatic rings. The molecule has 0 saturated carbocycles. The molecule has 4 rings (SSSR count). The standard InChI is InChI=1S/C23H28N4O3S2/c1-26(2)32(29,30)17-11-12-20(27-14-5-6-15-27)18(16-17)23(28)24-13-7-10-22-25-19-8-3-4-9-21(19)31-22/h3-4,8-9,11-12,16H,5-7,10,13-15H2,1-2H3,(H,24,28). The third-order valence-corrected chi connectivity index (χ3v) is 8.54. The average molecular weight is 473 g/mol. The summed E-state index contributed by atoms with van der Waals surface area (Å²) in [6, 6.07) is 12.9. The zero-order valence-electron chi connectivity index (χ0n) is 18.4. The molecular weight excluding hydrogens is 444 g/mol. The van der Waals surface area contributed by atoms with E-state index in [1.807, 2.05) is 18.2 Å². The zero-order chi connectivity index (χ0) is 22.7. The molecule has 9 heteroatoms. The quantitative estimate of drug-likeness (QED) is 0.508. The van der Waals surface area contributed by atoms with E-state index in [1.165, 1.54) is 24.9 Å². The minimum atomic E-state index is -3.62. The fourth-order valence-electron chi connectivity index (χ4n) is 3.87. The molecule has 1 saturated heterocycles. The number of carbonyl (C=O) groups is 1. The topological polar surface area (TPSA) is 82.6 Å². The van der Waals surface area contributed by atoms with E-state index >= 15 is 0 Å². The number of anilines is 1. The molecule has 0 unspecified atom stereocenters. The normalized spacial score (nSPS) is 14.4. The number of nitrogens with one attached hydrogen (secondary N) is 1. The van der Waals surface area contributed by atoms with Gasteiger partial charge in [-0.15, -0.1) is 11.3 Å². The maximum Gasteiger partial charge on any atom is 0.253 e. The fourth-order valence-corrected chi connectivity index (χ4v) is 5.80. The number of benzene rings is 2. The van der Waals surface area contributed by atoms with Crippen LogP contribution in [0.1, 0.15) is 34.6 Å². The maximum absolute atomic E-state index is 13.1. The summed E-state index contributed by atoms with van der Waals surface area (Å²) < 4.78 is 27.5. The van der Waals surface area contributed by atoms with Crippen molar-refractivity contribution >= 4 is 43.2 Å². The molecule has 0 spiro atoms. The SMILES string of the molecule is CN(C)S(=O)(=O)c1ccc(N2CCCC2)c(C(=O)NCCCc2nc3ccccc3s2)c1. The van der Waals surface area contributed by atoms with Crippen molar-refractivity contribution in [1.82, 2.24) is 14.6 Å². The van der Waals surface area contributed by atoms with E-state index in [4.69, 9.17) is 0 Å². The molecule has 32 heavy (non-hydrogen) atoms. The van der Waals surface area contributed by atoms with Gasteiger partial charge in [-0.25, -0.2) is 17.7 Å². The van der Waals surface area contributed by atoms with Gasteiger partial charge in [0.15, 0.2) is 0 Å². The van der Waals surface area contributed by atoms with Crippen molar-refractivity contribution in [3.05, 3.63) is 53.0 Å². The van der Waals surface area contributed by atoms with E-state index in [0.717, 1.165) is 59.3 Å². The van der Waals surface area contributed by atoms with Crippen LogP contribution in [0.5, 0.6) is 0 Å².